The highest BCUT2D eigenvalue weighted by Gasteiger charge is 2.28. The predicted octanol–water partition coefficient (Wildman–Crippen LogP) is -8.06. The molecule has 16 heavy (non-hydrogen) atoms. The molecule has 0 radical (unpaired) electrons. The second-order valence-corrected chi connectivity index (χ2v) is 2.91. The number of nitrogens with zero attached hydrogens (tertiary/aromatic N) is 3. The molecule has 0 unspecified atom stereocenters. The lowest BCUT2D eigenvalue weighted by Crippen LogP contribution is -2.78. The average molecular weight is 253 g/mol. The maximum absolute atomic E-state index is 10.8. The van der Waals surface area contributed by atoms with Crippen molar-refractivity contribution in [1.29, 1.82) is 0 Å². The van der Waals surface area contributed by atoms with Crippen LogP contribution in [0, 0.1) is 10.2 Å². The fourth-order valence-corrected chi connectivity index (χ4v) is 0.735. The van der Waals surface area contributed by atoms with Crippen molar-refractivity contribution in [2.75, 3.05) is 0 Å². The third-order valence-corrected chi connectivity index (χ3v) is 1.18. The van der Waals surface area contributed by atoms with E-state index in [0.717, 1.165) is 0 Å². The first-order valence-corrected chi connectivity index (χ1v) is 4.54. The molecule has 2 heterocycles. The molecule has 11 heteroatoms. The number of aliphatic imine (C=N–C) groups is 3. The quantitative estimate of drug-likeness (QED) is 0.446. The van der Waals surface area contributed by atoms with Crippen LogP contribution in [0.4, 0.5) is 0 Å². The van der Waals surface area contributed by atoms with Gasteiger partial charge in [-0.25, -0.2) is 33.4 Å². The van der Waals surface area contributed by atoms with Gasteiger partial charge in [0.1, 0.15) is 6.34 Å². The fourth-order valence-electron chi connectivity index (χ4n) is 0.735. The van der Waals surface area contributed by atoms with Crippen molar-refractivity contribution < 1.29 is 44.1 Å². The average Bonchev–Trinajstić information content (AvgIpc) is 2.49. The molecule has 0 fully saturated rings. The van der Waals surface area contributed by atoms with E-state index in [4.69, 9.17) is 18.6 Å². The lowest BCUT2D eigenvalue weighted by atomic mass is 10.3. The summed E-state index contributed by atoms with van der Waals surface area (Å²) in [6.45, 7) is 0. The zero-order valence-corrected chi connectivity index (χ0v) is 8.17. The zero-order chi connectivity index (χ0) is 11.5. The van der Waals surface area contributed by atoms with Crippen LogP contribution >= 0.6 is 0 Å². The summed E-state index contributed by atoms with van der Waals surface area (Å²) >= 11 is 0. The van der Waals surface area contributed by atoms with Crippen molar-refractivity contribution in [3.63, 3.8) is 0 Å². The van der Waals surface area contributed by atoms with Crippen molar-refractivity contribution in [1.82, 2.24) is 0 Å². The molecule has 3 N–H and O–H groups in total. The Hall–Kier alpha value is -1.56. The number of hydrogen-bond donors (Lipinski definition) is 1. The summed E-state index contributed by atoms with van der Waals surface area (Å²) in [4.78, 5) is 24.4. The number of nitrogens with one attached hydrogen (secondary N) is 1. The van der Waals surface area contributed by atoms with Crippen LogP contribution in [0.25, 0.3) is 0 Å². The van der Waals surface area contributed by atoms with Gasteiger partial charge < -0.3 is 5.48 Å². The van der Waals surface area contributed by atoms with Gasteiger partial charge in [-0.15, -0.1) is 10.2 Å². The van der Waals surface area contributed by atoms with Crippen molar-refractivity contribution in [2.24, 2.45) is 15.0 Å². The predicted molar refractivity (Wildman–Crippen MR) is 39.0 cm³/mol. The standard InChI is InChI=1S/C5H2N4O.ClHO4.H2O/c10-5-3-4(7-1-6-3)8-2-9-5;2-1(3,4)5;/h1-2H;(H,2,3,4,5);1H2. The Morgan fingerprint density at radius 1 is 1.19 bits per heavy atom. The number of fused-ring (bicyclic) bond motifs is 1. The number of rotatable bonds is 0. The van der Waals surface area contributed by atoms with E-state index in [1.807, 2.05) is 0 Å². The van der Waals surface area contributed by atoms with Crippen LogP contribution in [0.3, 0.4) is 0 Å². The van der Waals surface area contributed by atoms with Crippen molar-refractivity contribution in [3.8, 4) is 0 Å². The molecule has 10 nitrogen and oxygen atoms in total. The van der Waals surface area contributed by atoms with Crippen LogP contribution in [0.2, 0.25) is 0 Å². The summed E-state index contributed by atoms with van der Waals surface area (Å²) in [6, 6.07) is 0. The van der Waals surface area contributed by atoms with Gasteiger partial charge >= 0.3 is 11.7 Å². The topological polar surface area (TPSA) is 192 Å². The first-order chi connectivity index (χ1) is 6.88. The molecule has 2 aliphatic heterocycles. The smallest absolute Gasteiger partial charge is 0.363 e. The summed E-state index contributed by atoms with van der Waals surface area (Å²) < 4.78 is 34.0. The summed E-state index contributed by atoms with van der Waals surface area (Å²) in [5.74, 6) is 0.145. The van der Waals surface area contributed by atoms with Gasteiger partial charge in [0.25, 0.3) is 6.34 Å². The minimum absolute atomic E-state index is 0. The highest BCUT2D eigenvalue weighted by molar-refractivity contribution is 6.68. The lowest BCUT2D eigenvalue weighted by molar-refractivity contribution is -2.00. The Kier molecular flexibility index (Phi) is 4.97. The molecular formula is C5H5ClN4O6. The number of amidine groups is 1. The Balaban J connectivity index is 0.000000330. The Bertz CT molecular complexity index is 382. The van der Waals surface area contributed by atoms with Crippen LogP contribution in [0.5, 0.6) is 0 Å². The summed E-state index contributed by atoms with van der Waals surface area (Å²) in [6.07, 6.45) is 2.62. The van der Waals surface area contributed by atoms with Gasteiger partial charge in [0.15, 0.2) is 0 Å². The summed E-state index contributed by atoms with van der Waals surface area (Å²) in [5, 5.41) is 0. The molecular weight excluding hydrogens is 248 g/mol. The third-order valence-electron chi connectivity index (χ3n) is 1.18. The van der Waals surface area contributed by atoms with Gasteiger partial charge in [0.05, 0.1) is 0 Å². The van der Waals surface area contributed by atoms with Crippen LogP contribution in [0.15, 0.2) is 15.0 Å². The number of hydrogen-bond acceptors (Lipinski definition) is 8. The van der Waals surface area contributed by atoms with Gasteiger partial charge in [-0.3, -0.25) is 0 Å². The van der Waals surface area contributed by atoms with Gasteiger partial charge in [-0.05, 0) is 4.99 Å². The highest BCUT2D eigenvalue weighted by Crippen LogP contribution is 1.93. The van der Waals surface area contributed by atoms with E-state index in [1.165, 1.54) is 12.7 Å². The number of carbonyl (C=O) groups is 1. The number of halogens is 1. The van der Waals surface area contributed by atoms with Gasteiger partial charge in [-0.1, -0.05) is 0 Å². The van der Waals surface area contributed by atoms with Gasteiger partial charge in [0.2, 0.25) is 5.71 Å². The maximum atomic E-state index is 10.8. The molecule has 1 amide bonds. The van der Waals surface area contributed by atoms with E-state index in [1.54, 1.807) is 0 Å². The fraction of sp³-hybridized carbons (Fsp3) is 0. The molecule has 0 spiro atoms. The minimum atomic E-state index is -4.94. The molecule has 0 saturated carbocycles. The number of carbonyl (C=O) groups excluding carboxylic acids is 1. The third kappa shape index (κ3) is 4.79. The van der Waals surface area contributed by atoms with E-state index in [0.29, 0.717) is 11.5 Å². The first kappa shape index (κ1) is 14.4. The van der Waals surface area contributed by atoms with Crippen molar-refractivity contribution in [2.45, 2.75) is 0 Å². The molecule has 88 valence electrons. The van der Waals surface area contributed by atoms with E-state index in [2.05, 4.69) is 20.0 Å². The molecule has 0 aromatic rings. The number of amides is 1. The second-order valence-electron chi connectivity index (χ2n) is 2.16. The molecule has 0 aromatic heterocycles. The van der Waals surface area contributed by atoms with Crippen LogP contribution < -0.4 is 23.6 Å². The Morgan fingerprint density at radius 3 is 2.25 bits per heavy atom. The monoisotopic (exact) mass is 252 g/mol. The van der Waals surface area contributed by atoms with Gasteiger partial charge in [-0.2, -0.15) is 4.99 Å². The lowest BCUT2D eigenvalue weighted by Gasteiger charge is -2.17. The SMILES string of the molecule is O.O=C1[NH+]=CN=C2N=CN=C12.[O-][Cl+3]([O-])([O-])[O-]. The Labute approximate surface area is 90.1 Å². The highest BCUT2D eigenvalue weighted by atomic mass is 35.7. The van der Waals surface area contributed by atoms with E-state index < -0.39 is 10.2 Å². The van der Waals surface area contributed by atoms with Crippen molar-refractivity contribution in [3.05, 3.63) is 0 Å². The van der Waals surface area contributed by atoms with Crippen LogP contribution in [-0.4, -0.2) is 35.6 Å². The molecule has 0 aromatic carbocycles. The van der Waals surface area contributed by atoms with Crippen LogP contribution in [-0.2, 0) is 4.79 Å². The molecule has 0 bridgehead atoms. The summed E-state index contributed by atoms with van der Waals surface area (Å²) in [5.41, 5.74) is 0.294. The molecule has 0 aliphatic carbocycles. The van der Waals surface area contributed by atoms with E-state index >= 15 is 0 Å². The minimum Gasteiger partial charge on any atom is -0.412 e. The zero-order valence-electron chi connectivity index (χ0n) is 7.42. The van der Waals surface area contributed by atoms with Crippen LogP contribution in [0.1, 0.15) is 0 Å². The normalized spacial score (nSPS) is 16.6. The first-order valence-electron chi connectivity index (χ1n) is 3.31. The maximum Gasteiger partial charge on any atom is 0.363 e. The van der Waals surface area contributed by atoms with Crippen molar-refractivity contribution >= 4 is 30.1 Å². The molecule has 2 rings (SSSR count). The second kappa shape index (κ2) is 5.50. The van der Waals surface area contributed by atoms with E-state index in [9.17, 15) is 4.79 Å². The van der Waals surface area contributed by atoms with E-state index in [-0.39, 0.29) is 11.4 Å². The molecule has 0 atom stereocenters. The largest absolute Gasteiger partial charge is 0.412 e. The Morgan fingerprint density at radius 2 is 1.75 bits per heavy atom. The molecule has 2 aliphatic rings. The van der Waals surface area contributed by atoms with Gasteiger partial charge in [0, 0.05) is 0 Å². The molecule has 0 saturated heterocycles. The summed E-state index contributed by atoms with van der Waals surface area (Å²) in [7, 11) is -4.94.